The van der Waals surface area contributed by atoms with Crippen molar-refractivity contribution in [1.82, 2.24) is 0 Å². The molecule has 1 saturated carbocycles. The van der Waals surface area contributed by atoms with E-state index in [9.17, 15) is 4.21 Å². The Labute approximate surface area is 149 Å². The highest BCUT2D eigenvalue weighted by atomic mass is 32.2. The Morgan fingerprint density at radius 1 is 0.880 bits per heavy atom. The van der Waals surface area contributed by atoms with Crippen molar-refractivity contribution in [2.45, 2.75) is 37.5 Å². The summed E-state index contributed by atoms with van der Waals surface area (Å²) in [4.78, 5) is 2.37. The number of rotatable bonds is 1. The molecule has 0 aromatic heterocycles. The van der Waals surface area contributed by atoms with Gasteiger partial charge in [-0.1, -0.05) is 48.6 Å². The first-order chi connectivity index (χ1) is 12.3. The van der Waals surface area contributed by atoms with Crippen LogP contribution in [0.2, 0.25) is 0 Å². The van der Waals surface area contributed by atoms with Crippen LogP contribution in [0.3, 0.4) is 0 Å². The molecule has 1 unspecified atom stereocenters. The summed E-state index contributed by atoms with van der Waals surface area (Å²) in [6.07, 6.45) is 7.01. The van der Waals surface area contributed by atoms with Gasteiger partial charge in [-0.2, -0.15) is 4.21 Å². The first-order valence-electron chi connectivity index (χ1n) is 8.73. The minimum Gasteiger partial charge on any atom is -0.335 e. The van der Waals surface area contributed by atoms with Gasteiger partial charge in [0.1, 0.15) is 12.2 Å². The average Bonchev–Trinajstić information content (AvgIpc) is 2.94. The summed E-state index contributed by atoms with van der Waals surface area (Å²) in [6, 6.07) is 16.9. The zero-order valence-corrected chi connectivity index (χ0v) is 14.5. The second kappa shape index (κ2) is 6.09. The van der Waals surface area contributed by atoms with Crippen LogP contribution in [0, 0.1) is 0 Å². The van der Waals surface area contributed by atoms with E-state index >= 15 is 0 Å². The summed E-state index contributed by atoms with van der Waals surface area (Å²) >= 11 is -1.63. The van der Waals surface area contributed by atoms with Crippen LogP contribution in [0.4, 0.5) is 11.4 Å². The first kappa shape index (κ1) is 15.3. The highest BCUT2D eigenvalue weighted by Crippen LogP contribution is 2.43. The number of para-hydroxylation sites is 2. The molecule has 2 aliphatic heterocycles. The lowest BCUT2D eigenvalue weighted by atomic mass is 9.88. The van der Waals surface area contributed by atoms with Gasteiger partial charge in [0.15, 0.2) is 0 Å². The van der Waals surface area contributed by atoms with Crippen LogP contribution in [0.25, 0.3) is 12.2 Å². The van der Waals surface area contributed by atoms with Crippen LogP contribution >= 0.6 is 0 Å². The average molecular weight is 353 g/mol. The first-order valence-corrected chi connectivity index (χ1v) is 9.73. The summed E-state index contributed by atoms with van der Waals surface area (Å²) in [5.41, 5.74) is 4.69. The van der Waals surface area contributed by atoms with Gasteiger partial charge in [0.2, 0.25) is 0 Å². The molecule has 0 amide bonds. The molecule has 3 aliphatic rings. The Morgan fingerprint density at radius 3 is 2.20 bits per heavy atom. The monoisotopic (exact) mass is 353 g/mol. The molecule has 2 aromatic carbocycles. The number of nitrogens with zero attached hydrogens (tertiary/aromatic N) is 1. The van der Waals surface area contributed by atoms with E-state index in [2.05, 4.69) is 65.6 Å². The molecule has 1 aliphatic carbocycles. The SMILES string of the molecule is O=S1O[C@@H]2[C@H](CCC[C@@H]2N2c3ccccc3C=Cc3ccccc32)O1. The van der Waals surface area contributed by atoms with E-state index in [4.69, 9.17) is 8.37 Å². The maximum atomic E-state index is 11.8. The Hall–Kier alpha value is -1.95. The van der Waals surface area contributed by atoms with E-state index in [0.29, 0.717) is 0 Å². The van der Waals surface area contributed by atoms with Crippen LogP contribution < -0.4 is 4.90 Å². The standard InChI is InChI=1S/C20H19NO3S/c22-25-23-19-11-5-10-18(20(19)24-25)21-16-8-3-1-6-14(16)12-13-15-7-2-4-9-17(15)21/h1-4,6-9,12-13,18-20H,5,10-11H2/t18-,19-,20-,25?/m0/s1. The van der Waals surface area contributed by atoms with E-state index in [1.807, 2.05) is 0 Å². The number of benzene rings is 2. The van der Waals surface area contributed by atoms with E-state index < -0.39 is 11.4 Å². The molecule has 1 saturated heterocycles. The van der Waals surface area contributed by atoms with Crippen LogP contribution in [0.15, 0.2) is 48.5 Å². The van der Waals surface area contributed by atoms with Gasteiger partial charge < -0.3 is 4.90 Å². The quantitative estimate of drug-likeness (QED) is 0.769. The van der Waals surface area contributed by atoms with Gasteiger partial charge >= 0.3 is 11.4 Å². The fourth-order valence-electron chi connectivity index (χ4n) is 4.19. The third-order valence-electron chi connectivity index (χ3n) is 5.29. The summed E-state index contributed by atoms with van der Waals surface area (Å²) in [5.74, 6) is 0. The van der Waals surface area contributed by atoms with E-state index in [1.54, 1.807) is 0 Å². The second-order valence-electron chi connectivity index (χ2n) is 6.72. The van der Waals surface area contributed by atoms with Crippen LogP contribution in [-0.2, 0) is 19.7 Å². The summed E-state index contributed by atoms with van der Waals surface area (Å²) < 4.78 is 23.0. The lowest BCUT2D eigenvalue weighted by Gasteiger charge is -2.40. The van der Waals surface area contributed by atoms with Gasteiger partial charge in [-0.05, 0) is 42.5 Å². The largest absolute Gasteiger partial charge is 0.335 e. The van der Waals surface area contributed by atoms with E-state index in [1.165, 1.54) is 11.1 Å². The second-order valence-corrected chi connectivity index (χ2v) is 7.51. The molecule has 2 heterocycles. The fourth-order valence-corrected chi connectivity index (χ4v) is 5.07. The molecule has 0 bridgehead atoms. The van der Waals surface area contributed by atoms with Crippen molar-refractivity contribution < 1.29 is 12.6 Å². The van der Waals surface area contributed by atoms with E-state index in [-0.39, 0.29) is 18.2 Å². The van der Waals surface area contributed by atoms with Crippen molar-refractivity contribution in [3.63, 3.8) is 0 Å². The lowest BCUT2D eigenvalue weighted by Crippen LogP contribution is -2.48. The molecule has 0 radical (unpaired) electrons. The van der Waals surface area contributed by atoms with Gasteiger partial charge in [-0.3, -0.25) is 8.37 Å². The normalized spacial score (nSPS) is 30.3. The third-order valence-corrected chi connectivity index (χ3v) is 6.08. The highest BCUT2D eigenvalue weighted by Gasteiger charge is 2.46. The highest BCUT2D eigenvalue weighted by molar-refractivity contribution is 7.75. The Morgan fingerprint density at radius 2 is 1.52 bits per heavy atom. The van der Waals surface area contributed by atoms with Gasteiger partial charge in [-0.15, -0.1) is 0 Å². The van der Waals surface area contributed by atoms with Crippen LogP contribution in [0.1, 0.15) is 30.4 Å². The van der Waals surface area contributed by atoms with E-state index in [0.717, 1.165) is 30.6 Å². The number of hydrogen-bond acceptors (Lipinski definition) is 4. The topological polar surface area (TPSA) is 38.8 Å². The van der Waals surface area contributed by atoms with Crippen molar-refractivity contribution >= 4 is 34.9 Å². The van der Waals surface area contributed by atoms with Crippen molar-refractivity contribution in [3.05, 3.63) is 59.7 Å². The molecule has 128 valence electrons. The third kappa shape index (κ3) is 2.54. The minimum atomic E-state index is -1.63. The van der Waals surface area contributed by atoms with Crippen molar-refractivity contribution in [1.29, 1.82) is 0 Å². The number of hydrogen-bond donors (Lipinski definition) is 0. The van der Waals surface area contributed by atoms with Gasteiger partial charge in [0.25, 0.3) is 0 Å². The molecule has 5 rings (SSSR count). The molecule has 2 fully saturated rings. The molecule has 0 N–H and O–H groups in total. The van der Waals surface area contributed by atoms with Gasteiger partial charge in [0.05, 0.1) is 6.04 Å². The molecular weight excluding hydrogens is 334 g/mol. The maximum Gasteiger partial charge on any atom is 0.305 e. The lowest BCUT2D eigenvalue weighted by molar-refractivity contribution is 0.0920. The fraction of sp³-hybridized carbons (Fsp3) is 0.300. The molecule has 2 aromatic rings. The predicted octanol–water partition coefficient (Wildman–Crippen LogP) is 4.22. The Bertz CT molecular complexity index is 816. The Kier molecular flexibility index (Phi) is 3.73. The maximum absolute atomic E-state index is 11.8. The molecule has 4 atom stereocenters. The number of anilines is 2. The van der Waals surface area contributed by atoms with Crippen LogP contribution in [-0.4, -0.2) is 22.5 Å². The van der Waals surface area contributed by atoms with Gasteiger partial charge in [-0.25, -0.2) is 0 Å². The zero-order valence-electron chi connectivity index (χ0n) is 13.7. The number of fused-ring (bicyclic) bond motifs is 3. The van der Waals surface area contributed by atoms with Crippen molar-refractivity contribution in [3.8, 4) is 0 Å². The van der Waals surface area contributed by atoms with Gasteiger partial charge in [0, 0.05) is 11.4 Å². The summed E-state index contributed by atoms with van der Waals surface area (Å²) in [5, 5.41) is 0. The Balaban J connectivity index is 1.67. The zero-order chi connectivity index (χ0) is 16.8. The molecule has 25 heavy (non-hydrogen) atoms. The summed E-state index contributed by atoms with van der Waals surface area (Å²) in [7, 11) is 0. The molecule has 5 heteroatoms. The molecule has 4 nitrogen and oxygen atoms in total. The van der Waals surface area contributed by atoms with Crippen LogP contribution in [0.5, 0.6) is 0 Å². The van der Waals surface area contributed by atoms with Crippen molar-refractivity contribution in [2.24, 2.45) is 0 Å². The molecule has 0 spiro atoms. The molecular formula is C20H19NO3S. The van der Waals surface area contributed by atoms with Crippen molar-refractivity contribution in [2.75, 3.05) is 4.90 Å². The smallest absolute Gasteiger partial charge is 0.305 e. The predicted molar refractivity (Wildman–Crippen MR) is 99.5 cm³/mol. The summed E-state index contributed by atoms with van der Waals surface area (Å²) in [6.45, 7) is 0. The minimum absolute atomic E-state index is 0.0879.